The molecule has 4 aromatic carbocycles. The highest BCUT2D eigenvalue weighted by Gasteiger charge is 2.40. The van der Waals surface area contributed by atoms with Crippen molar-refractivity contribution in [3.8, 4) is 34.3 Å². The number of nitrogens with one attached hydrogen (secondary N) is 1. The van der Waals surface area contributed by atoms with Gasteiger partial charge in [0.05, 0.1) is 16.6 Å². The summed E-state index contributed by atoms with van der Waals surface area (Å²) in [5, 5.41) is 2.42. The highest BCUT2D eigenvalue weighted by atomic mass is 16.5. The van der Waals surface area contributed by atoms with Gasteiger partial charge in [-0.3, -0.25) is 0 Å². The molecule has 0 saturated carbocycles. The lowest BCUT2D eigenvalue weighted by molar-refractivity contribution is -0.660. The quantitative estimate of drug-likeness (QED) is 0.278. The van der Waals surface area contributed by atoms with Crippen LogP contribution in [0.1, 0.15) is 5.56 Å². The fraction of sp³-hybridized carbons (Fsp3) is 0.0645. The zero-order chi connectivity index (χ0) is 24.0. The molecular formula is C31H22BN2O2+. The second kappa shape index (κ2) is 7.02. The lowest BCUT2D eigenvalue weighted by Crippen LogP contribution is -2.57. The third-order valence-corrected chi connectivity index (χ3v) is 7.72. The van der Waals surface area contributed by atoms with Crippen LogP contribution in [0.4, 0.5) is 0 Å². The molecule has 8 rings (SSSR count). The average Bonchev–Trinajstić information content (AvgIpc) is 3.25. The van der Waals surface area contributed by atoms with E-state index >= 15 is 0 Å². The van der Waals surface area contributed by atoms with E-state index in [9.17, 15) is 0 Å². The van der Waals surface area contributed by atoms with Crippen LogP contribution in [0.5, 0.6) is 23.0 Å². The summed E-state index contributed by atoms with van der Waals surface area (Å²) in [7, 11) is 2.10. The molecule has 0 aliphatic carbocycles. The fourth-order valence-electron chi connectivity index (χ4n) is 6.06. The first-order valence-electron chi connectivity index (χ1n) is 12.3. The molecule has 0 atom stereocenters. The molecule has 0 saturated heterocycles. The Labute approximate surface area is 208 Å². The van der Waals surface area contributed by atoms with Crippen LogP contribution >= 0.6 is 0 Å². The lowest BCUT2D eigenvalue weighted by atomic mass is 9.35. The van der Waals surface area contributed by atoms with E-state index in [0.717, 1.165) is 39.5 Å². The minimum atomic E-state index is 0.0658. The van der Waals surface area contributed by atoms with Crippen LogP contribution < -0.4 is 30.4 Å². The van der Waals surface area contributed by atoms with Crippen molar-refractivity contribution >= 4 is 44.9 Å². The van der Waals surface area contributed by atoms with Crippen molar-refractivity contribution in [2.75, 3.05) is 0 Å². The number of aryl methyl sites for hydroxylation is 2. The molecule has 4 heterocycles. The number of rotatable bonds is 1. The number of H-pyrrole nitrogens is 1. The van der Waals surface area contributed by atoms with Crippen LogP contribution in [-0.2, 0) is 7.05 Å². The number of fused-ring (bicyclic) bond motifs is 7. The smallest absolute Gasteiger partial charge is 0.260 e. The van der Waals surface area contributed by atoms with Crippen molar-refractivity contribution < 1.29 is 14.0 Å². The normalized spacial score (nSPS) is 13.1. The standard InChI is InChI=1S/C31H21BN2O2/c1-18-13-14-19-20-16-22-28(17-23(20)33-31(19)29(18)24-9-5-6-15-34(24)2)36-27-12-7-11-26-30(27)32(22)21-8-3-4-10-25(21)35-26/h3-17H,1-2H3/p+1. The monoisotopic (exact) mass is 465 g/mol. The number of benzene rings is 4. The number of hydrogen-bond donors (Lipinski definition) is 1. The molecule has 6 aromatic rings. The molecule has 2 aromatic heterocycles. The highest BCUT2D eigenvalue weighted by molar-refractivity contribution is 6.98. The van der Waals surface area contributed by atoms with E-state index < -0.39 is 0 Å². The number of hydrogen-bond acceptors (Lipinski definition) is 2. The first-order chi connectivity index (χ1) is 17.7. The summed E-state index contributed by atoms with van der Waals surface area (Å²) in [5.41, 5.74) is 9.34. The van der Waals surface area contributed by atoms with Gasteiger partial charge in [0.1, 0.15) is 30.0 Å². The molecule has 0 spiro atoms. The summed E-state index contributed by atoms with van der Waals surface area (Å²) in [6.07, 6.45) is 2.10. The predicted octanol–water partition coefficient (Wildman–Crippen LogP) is 4.85. The van der Waals surface area contributed by atoms with Crippen LogP contribution in [0.15, 0.2) is 91.1 Å². The summed E-state index contributed by atoms with van der Waals surface area (Å²) < 4.78 is 15.0. The number of nitrogens with zero attached hydrogens (tertiary/aromatic N) is 1. The molecule has 2 aliphatic heterocycles. The number of pyridine rings is 1. The van der Waals surface area contributed by atoms with E-state index in [1.165, 1.54) is 38.5 Å². The van der Waals surface area contributed by atoms with Crippen molar-refractivity contribution in [1.29, 1.82) is 0 Å². The van der Waals surface area contributed by atoms with Gasteiger partial charge in [-0.05, 0) is 47.7 Å². The second-order valence-electron chi connectivity index (χ2n) is 9.78. The summed E-state index contributed by atoms with van der Waals surface area (Å²) in [4.78, 5) is 3.75. The van der Waals surface area contributed by atoms with E-state index in [-0.39, 0.29) is 6.71 Å². The first-order valence-corrected chi connectivity index (χ1v) is 12.3. The average molecular weight is 465 g/mol. The van der Waals surface area contributed by atoms with Gasteiger partial charge in [-0.2, -0.15) is 0 Å². The number of aromatic amines is 1. The minimum Gasteiger partial charge on any atom is -0.458 e. The maximum atomic E-state index is 6.50. The predicted molar refractivity (Wildman–Crippen MR) is 145 cm³/mol. The Morgan fingerprint density at radius 1 is 0.722 bits per heavy atom. The van der Waals surface area contributed by atoms with Gasteiger partial charge < -0.3 is 14.5 Å². The van der Waals surface area contributed by atoms with Crippen LogP contribution in [0.25, 0.3) is 33.1 Å². The molecule has 5 heteroatoms. The Morgan fingerprint density at radius 2 is 1.50 bits per heavy atom. The van der Waals surface area contributed by atoms with Crippen molar-refractivity contribution in [2.24, 2.45) is 7.05 Å². The topological polar surface area (TPSA) is 38.1 Å². The molecular weight excluding hydrogens is 443 g/mol. The van der Waals surface area contributed by atoms with Crippen molar-refractivity contribution in [1.82, 2.24) is 4.98 Å². The van der Waals surface area contributed by atoms with Crippen LogP contribution in [0.3, 0.4) is 0 Å². The van der Waals surface area contributed by atoms with Gasteiger partial charge in [0.15, 0.2) is 6.20 Å². The van der Waals surface area contributed by atoms with Crippen molar-refractivity contribution in [2.45, 2.75) is 6.92 Å². The molecule has 1 N–H and O–H groups in total. The molecule has 170 valence electrons. The van der Waals surface area contributed by atoms with Gasteiger partial charge in [-0.15, -0.1) is 0 Å². The van der Waals surface area contributed by atoms with E-state index in [4.69, 9.17) is 9.47 Å². The molecule has 2 aliphatic rings. The van der Waals surface area contributed by atoms with Crippen LogP contribution in [-0.4, -0.2) is 11.7 Å². The van der Waals surface area contributed by atoms with E-state index in [1.807, 2.05) is 24.3 Å². The number of aromatic nitrogens is 2. The van der Waals surface area contributed by atoms with E-state index in [1.54, 1.807) is 0 Å². The van der Waals surface area contributed by atoms with Gasteiger partial charge in [-0.25, -0.2) is 4.57 Å². The van der Waals surface area contributed by atoms with E-state index in [0.29, 0.717) is 0 Å². The Morgan fingerprint density at radius 3 is 2.36 bits per heavy atom. The SMILES string of the molecule is Cc1ccc2c([nH]c3cc4c(cc32)B2c3ccccc3Oc3cccc(c32)O4)c1-c1cccc[n+]1C. The summed E-state index contributed by atoms with van der Waals surface area (Å²) in [6, 6.07) is 29.7. The Balaban J connectivity index is 1.43. The van der Waals surface area contributed by atoms with E-state index in [2.05, 4.69) is 90.4 Å². The fourth-order valence-corrected chi connectivity index (χ4v) is 6.06. The Hall–Kier alpha value is -4.51. The first kappa shape index (κ1) is 19.8. The molecule has 4 nitrogen and oxygen atoms in total. The largest absolute Gasteiger partial charge is 0.458 e. The van der Waals surface area contributed by atoms with Gasteiger partial charge in [-0.1, -0.05) is 42.5 Å². The maximum Gasteiger partial charge on any atom is 0.260 e. The second-order valence-corrected chi connectivity index (χ2v) is 9.78. The Kier molecular flexibility index (Phi) is 3.85. The van der Waals surface area contributed by atoms with Gasteiger partial charge in [0.2, 0.25) is 5.69 Å². The highest BCUT2D eigenvalue weighted by Crippen LogP contribution is 2.39. The van der Waals surface area contributed by atoms with Gasteiger partial charge >= 0.3 is 0 Å². The molecule has 36 heavy (non-hydrogen) atoms. The zero-order valence-electron chi connectivity index (χ0n) is 20.0. The summed E-state index contributed by atoms with van der Waals surface area (Å²) in [5.74, 6) is 3.54. The molecule has 0 fully saturated rings. The molecule has 0 unspecified atom stereocenters. The summed E-state index contributed by atoms with van der Waals surface area (Å²) >= 11 is 0. The third kappa shape index (κ3) is 2.57. The van der Waals surface area contributed by atoms with Gasteiger partial charge in [0, 0.05) is 34.4 Å². The molecule has 0 amide bonds. The maximum absolute atomic E-state index is 6.50. The van der Waals surface area contributed by atoms with Crippen molar-refractivity contribution in [3.63, 3.8) is 0 Å². The summed E-state index contributed by atoms with van der Waals surface area (Å²) in [6.45, 7) is 2.24. The minimum absolute atomic E-state index is 0.0658. The molecule has 0 bridgehead atoms. The van der Waals surface area contributed by atoms with Crippen LogP contribution in [0.2, 0.25) is 0 Å². The zero-order valence-corrected chi connectivity index (χ0v) is 20.0. The number of para-hydroxylation sites is 1. The van der Waals surface area contributed by atoms with Crippen LogP contribution in [0, 0.1) is 6.92 Å². The van der Waals surface area contributed by atoms with Crippen molar-refractivity contribution in [3.05, 3.63) is 96.7 Å². The molecule has 0 radical (unpaired) electrons. The van der Waals surface area contributed by atoms with Gasteiger partial charge in [0.25, 0.3) is 6.71 Å². The third-order valence-electron chi connectivity index (χ3n) is 7.72. The lowest BCUT2D eigenvalue weighted by Gasteiger charge is -2.32. The number of ether oxygens (including phenoxy) is 2. The Bertz CT molecular complexity index is 1890.